The predicted octanol–water partition coefficient (Wildman–Crippen LogP) is 6.81. The zero-order chi connectivity index (χ0) is 32.4. The topological polar surface area (TPSA) is 81.9 Å². The highest BCUT2D eigenvalue weighted by Gasteiger charge is 2.32. The molecule has 0 saturated carbocycles. The van der Waals surface area contributed by atoms with Gasteiger partial charge >= 0.3 is 0 Å². The summed E-state index contributed by atoms with van der Waals surface area (Å²) in [6.07, 6.45) is 1.84. The van der Waals surface area contributed by atoms with Crippen LogP contribution in [0, 0.1) is 13.0 Å². The Kier molecular flexibility index (Phi) is 9.70. The molecule has 0 unspecified atom stereocenters. The average molecular weight is 857 g/mol. The van der Waals surface area contributed by atoms with E-state index >= 15 is 0 Å². The zero-order valence-corrected chi connectivity index (χ0v) is 29.7. The van der Waals surface area contributed by atoms with Crippen LogP contribution in [0.25, 0.3) is 6.08 Å². The third-order valence-corrected chi connectivity index (χ3v) is 9.91. The quantitative estimate of drug-likeness (QED) is 0.174. The molecular weight excluding hydrogens is 831 g/mol. The van der Waals surface area contributed by atoms with Gasteiger partial charge in [-0.25, -0.2) is 9.38 Å². The Labute approximate surface area is 295 Å². The van der Waals surface area contributed by atoms with Crippen LogP contribution in [0.15, 0.2) is 112 Å². The van der Waals surface area contributed by atoms with E-state index in [2.05, 4.69) is 50.5 Å². The number of thiazole rings is 1. The highest BCUT2D eigenvalue weighted by atomic mass is 127. The van der Waals surface area contributed by atoms with Gasteiger partial charge in [0.05, 0.1) is 36.1 Å². The van der Waals surface area contributed by atoms with Gasteiger partial charge in [-0.2, -0.15) is 0 Å². The summed E-state index contributed by atoms with van der Waals surface area (Å²) in [5.41, 5.74) is 3.70. The summed E-state index contributed by atoms with van der Waals surface area (Å²) >= 11 is 5.71. The van der Waals surface area contributed by atoms with Crippen molar-refractivity contribution in [2.45, 2.75) is 19.6 Å². The fraction of sp³-hybridized carbons (Fsp3) is 0.114. The molecule has 2 heterocycles. The second-order valence-corrected chi connectivity index (χ2v) is 13.7. The number of halogens is 3. The lowest BCUT2D eigenvalue weighted by Gasteiger charge is -2.25. The summed E-state index contributed by atoms with van der Waals surface area (Å²) in [5, 5.41) is 2.97. The lowest BCUT2D eigenvalue weighted by molar-refractivity contribution is -0.113. The number of nitrogens with one attached hydrogen (secondary N) is 1. The average Bonchev–Trinajstić information content (AvgIpc) is 3.34. The molecule has 0 bridgehead atoms. The Bertz CT molecular complexity index is 2140. The first-order valence-electron chi connectivity index (χ1n) is 14.1. The molecule has 0 radical (unpaired) electrons. The Balaban J connectivity index is 1.39. The first-order valence-corrected chi connectivity index (χ1v) is 17.1. The van der Waals surface area contributed by atoms with E-state index in [1.165, 1.54) is 23.5 Å². The summed E-state index contributed by atoms with van der Waals surface area (Å²) in [7, 11) is 1.58. The number of hydrogen-bond donors (Lipinski definition) is 1. The van der Waals surface area contributed by atoms with E-state index in [9.17, 15) is 14.0 Å². The molecule has 0 spiro atoms. The highest BCUT2D eigenvalue weighted by molar-refractivity contribution is 14.1. The molecule has 0 fully saturated rings. The number of anilines is 1. The largest absolute Gasteiger partial charge is 0.497 e. The molecule has 0 saturated heterocycles. The van der Waals surface area contributed by atoms with Crippen molar-refractivity contribution in [3.05, 3.63) is 152 Å². The van der Waals surface area contributed by atoms with Crippen molar-refractivity contribution < 1.29 is 18.7 Å². The zero-order valence-electron chi connectivity index (χ0n) is 24.6. The number of para-hydroxylation sites is 1. The number of ether oxygens (including phenoxy) is 2. The third-order valence-electron chi connectivity index (χ3n) is 7.32. The van der Waals surface area contributed by atoms with Gasteiger partial charge in [-0.15, -0.1) is 0 Å². The van der Waals surface area contributed by atoms with Crippen LogP contribution in [0.4, 0.5) is 10.1 Å². The van der Waals surface area contributed by atoms with Gasteiger partial charge in [0.25, 0.3) is 11.5 Å². The molecule has 6 rings (SSSR count). The maximum Gasteiger partial charge on any atom is 0.271 e. The Hall–Kier alpha value is -3.82. The van der Waals surface area contributed by atoms with Crippen LogP contribution in [0.3, 0.4) is 0 Å². The first kappa shape index (κ1) is 32.1. The van der Waals surface area contributed by atoms with E-state index in [1.54, 1.807) is 30.7 Å². The van der Waals surface area contributed by atoms with E-state index in [-0.39, 0.29) is 17.3 Å². The molecule has 1 N–H and O–H groups in total. The summed E-state index contributed by atoms with van der Waals surface area (Å²) in [6.45, 7) is 2.09. The molecule has 1 atom stereocenters. The Morgan fingerprint density at radius 2 is 1.74 bits per heavy atom. The SMILES string of the molecule is COc1cccc([C@@H]2C(C(=O)Nc3ccccc3)=C(C)N=c3s/c(=C\c4cc(I)c(OCc5ccc(F)cc5)c(I)c4)c(=O)n32)c1. The summed E-state index contributed by atoms with van der Waals surface area (Å²) in [4.78, 5) is 33.2. The minimum Gasteiger partial charge on any atom is -0.497 e. The van der Waals surface area contributed by atoms with Crippen molar-refractivity contribution in [1.29, 1.82) is 0 Å². The van der Waals surface area contributed by atoms with Crippen molar-refractivity contribution in [3.8, 4) is 11.5 Å². The number of methoxy groups -OCH3 is 1. The molecule has 7 nitrogen and oxygen atoms in total. The van der Waals surface area contributed by atoms with Crippen LogP contribution >= 0.6 is 56.5 Å². The molecule has 1 amide bonds. The van der Waals surface area contributed by atoms with Crippen LogP contribution in [-0.4, -0.2) is 17.6 Å². The van der Waals surface area contributed by atoms with Gasteiger partial charge in [0.15, 0.2) is 4.80 Å². The van der Waals surface area contributed by atoms with E-state index < -0.39 is 6.04 Å². The lowest BCUT2D eigenvalue weighted by Crippen LogP contribution is -2.40. The Morgan fingerprint density at radius 3 is 2.43 bits per heavy atom. The van der Waals surface area contributed by atoms with Gasteiger partial charge in [0.2, 0.25) is 0 Å². The smallest absolute Gasteiger partial charge is 0.271 e. The molecular formula is C35H26FI2N3O4S. The molecule has 1 aromatic heterocycles. The third kappa shape index (κ3) is 6.81. The molecule has 46 heavy (non-hydrogen) atoms. The number of rotatable bonds is 8. The molecule has 1 aliphatic rings. The highest BCUT2D eigenvalue weighted by Crippen LogP contribution is 2.33. The second-order valence-electron chi connectivity index (χ2n) is 10.4. The van der Waals surface area contributed by atoms with Crippen molar-refractivity contribution in [1.82, 2.24) is 4.57 Å². The molecule has 0 aliphatic carbocycles. The maximum atomic E-state index is 14.2. The van der Waals surface area contributed by atoms with Gasteiger partial charge in [0, 0.05) is 5.69 Å². The van der Waals surface area contributed by atoms with E-state index in [0.29, 0.717) is 44.4 Å². The molecule has 232 valence electrons. The maximum absolute atomic E-state index is 14.2. The normalized spacial score (nSPS) is 14.5. The minimum absolute atomic E-state index is 0.254. The fourth-order valence-corrected chi connectivity index (χ4v) is 8.32. The van der Waals surface area contributed by atoms with Gasteiger partial charge in [-0.3, -0.25) is 14.2 Å². The van der Waals surface area contributed by atoms with Crippen LogP contribution in [-0.2, 0) is 11.4 Å². The van der Waals surface area contributed by atoms with Gasteiger partial charge < -0.3 is 14.8 Å². The number of amides is 1. The summed E-state index contributed by atoms with van der Waals surface area (Å²) in [5.74, 6) is 0.698. The predicted molar refractivity (Wildman–Crippen MR) is 194 cm³/mol. The van der Waals surface area contributed by atoms with Gasteiger partial charge in [0.1, 0.15) is 23.9 Å². The number of nitrogens with zero attached hydrogens (tertiary/aromatic N) is 2. The van der Waals surface area contributed by atoms with E-state index in [1.807, 2.05) is 72.8 Å². The second kappa shape index (κ2) is 13.9. The van der Waals surface area contributed by atoms with Crippen molar-refractivity contribution in [3.63, 3.8) is 0 Å². The molecule has 11 heteroatoms. The number of hydrogen-bond acceptors (Lipinski definition) is 6. The summed E-state index contributed by atoms with van der Waals surface area (Å²) in [6, 6.07) is 26.0. The fourth-order valence-electron chi connectivity index (χ4n) is 5.15. The van der Waals surface area contributed by atoms with E-state index in [4.69, 9.17) is 14.5 Å². The number of allylic oxidation sites excluding steroid dienone is 1. The number of benzene rings is 4. The van der Waals surface area contributed by atoms with Crippen LogP contribution in [0.2, 0.25) is 0 Å². The van der Waals surface area contributed by atoms with Crippen LogP contribution < -0.4 is 29.7 Å². The van der Waals surface area contributed by atoms with Crippen molar-refractivity contribution in [2.24, 2.45) is 4.99 Å². The van der Waals surface area contributed by atoms with Gasteiger partial charge in [-0.1, -0.05) is 53.8 Å². The van der Waals surface area contributed by atoms with Crippen molar-refractivity contribution in [2.75, 3.05) is 12.4 Å². The first-order chi connectivity index (χ1) is 22.2. The molecule has 1 aliphatic heterocycles. The standard InChI is InChI=1S/C35H26FI2N3O4S/c1-20-30(33(42)40-25-8-4-3-5-9-25)31(23-7-6-10-26(18-23)44-2)41-34(43)29(46-35(41)39-20)17-22-15-27(37)32(28(38)16-22)45-19-21-11-13-24(36)14-12-21/h3-18,31H,19H2,1-2H3,(H,40,42)/b29-17-/t31-/m1/s1. The number of aromatic nitrogens is 1. The van der Waals surface area contributed by atoms with Crippen LogP contribution in [0.1, 0.15) is 29.7 Å². The Morgan fingerprint density at radius 1 is 1.02 bits per heavy atom. The number of carbonyl (C=O) groups is 1. The lowest BCUT2D eigenvalue weighted by atomic mass is 9.95. The van der Waals surface area contributed by atoms with Crippen LogP contribution in [0.5, 0.6) is 11.5 Å². The number of carbonyl (C=O) groups excluding carboxylic acids is 1. The van der Waals surface area contributed by atoms with Crippen molar-refractivity contribution >= 4 is 74.2 Å². The molecule has 5 aromatic rings. The molecule has 4 aromatic carbocycles. The van der Waals surface area contributed by atoms with E-state index in [0.717, 1.165) is 23.8 Å². The summed E-state index contributed by atoms with van der Waals surface area (Å²) < 4.78 is 28.7. The monoisotopic (exact) mass is 857 g/mol. The number of fused-ring (bicyclic) bond motifs is 1. The minimum atomic E-state index is -0.722. The van der Waals surface area contributed by atoms with Gasteiger partial charge in [-0.05, 0) is 123 Å².